The van der Waals surface area contributed by atoms with Crippen molar-refractivity contribution >= 4 is 21.6 Å². The molecule has 122 valence electrons. The normalized spacial score (nSPS) is 11.3. The summed E-state index contributed by atoms with van der Waals surface area (Å²) in [6.45, 7) is 5.62. The summed E-state index contributed by atoms with van der Waals surface area (Å²) >= 11 is 0. The molecule has 0 aliphatic heterocycles. The quantitative estimate of drug-likeness (QED) is 0.884. The van der Waals surface area contributed by atoms with Gasteiger partial charge in [-0.25, -0.2) is 8.42 Å². The van der Waals surface area contributed by atoms with Crippen LogP contribution in [0.15, 0.2) is 53.4 Å². The van der Waals surface area contributed by atoms with Crippen LogP contribution in [0.2, 0.25) is 0 Å². The monoisotopic (exact) mass is 332 g/mol. The van der Waals surface area contributed by atoms with Gasteiger partial charge in [0.15, 0.2) is 0 Å². The smallest absolute Gasteiger partial charge is 0.261 e. The Labute approximate surface area is 136 Å². The van der Waals surface area contributed by atoms with Gasteiger partial charge in [0.25, 0.3) is 15.9 Å². The predicted octanol–water partition coefficient (Wildman–Crippen LogP) is 2.93. The summed E-state index contributed by atoms with van der Waals surface area (Å²) in [5.41, 5.74) is 1.74. The molecule has 0 aliphatic carbocycles. The molecule has 0 unspecified atom stereocenters. The number of benzene rings is 2. The van der Waals surface area contributed by atoms with Gasteiger partial charge in [-0.3, -0.25) is 9.52 Å². The Morgan fingerprint density at radius 2 is 1.70 bits per heavy atom. The second-order valence-corrected chi connectivity index (χ2v) is 7.31. The zero-order valence-electron chi connectivity index (χ0n) is 13.3. The zero-order valence-corrected chi connectivity index (χ0v) is 14.1. The van der Waals surface area contributed by atoms with E-state index in [0.29, 0.717) is 11.3 Å². The van der Waals surface area contributed by atoms with Gasteiger partial charge in [0.05, 0.1) is 4.90 Å². The molecular weight excluding hydrogens is 312 g/mol. The number of anilines is 1. The van der Waals surface area contributed by atoms with Crippen LogP contribution in [0.4, 0.5) is 5.69 Å². The van der Waals surface area contributed by atoms with Crippen LogP contribution in [-0.4, -0.2) is 20.4 Å². The lowest BCUT2D eigenvalue weighted by Gasteiger charge is -2.11. The molecule has 0 aromatic heterocycles. The molecule has 1 amide bonds. The molecule has 0 aliphatic rings. The second kappa shape index (κ2) is 6.83. The molecule has 2 aromatic rings. The highest BCUT2D eigenvalue weighted by Crippen LogP contribution is 2.17. The standard InChI is InChI=1S/C17H20N2O3S/c1-12(2)18-17(20)14-5-4-6-15(11-14)19-23(21,22)16-9-7-13(3)8-10-16/h4-12,19H,1-3H3,(H,18,20). The largest absolute Gasteiger partial charge is 0.350 e. The first-order chi connectivity index (χ1) is 10.8. The van der Waals surface area contributed by atoms with E-state index in [0.717, 1.165) is 5.56 Å². The summed E-state index contributed by atoms with van der Waals surface area (Å²) in [5, 5.41) is 2.77. The molecule has 0 spiro atoms. The molecule has 5 nitrogen and oxygen atoms in total. The number of nitrogens with one attached hydrogen (secondary N) is 2. The first-order valence-corrected chi connectivity index (χ1v) is 8.76. The number of carbonyl (C=O) groups is 1. The number of hydrogen-bond acceptors (Lipinski definition) is 3. The van der Waals surface area contributed by atoms with Crippen LogP contribution in [0.1, 0.15) is 29.8 Å². The second-order valence-electron chi connectivity index (χ2n) is 5.63. The number of carbonyl (C=O) groups excluding carboxylic acids is 1. The average molecular weight is 332 g/mol. The summed E-state index contributed by atoms with van der Waals surface area (Å²) in [6, 6.07) is 13.0. The topological polar surface area (TPSA) is 75.3 Å². The summed E-state index contributed by atoms with van der Waals surface area (Å²) in [4.78, 5) is 12.2. The maximum absolute atomic E-state index is 12.4. The fourth-order valence-electron chi connectivity index (χ4n) is 2.00. The van der Waals surface area contributed by atoms with Crippen LogP contribution < -0.4 is 10.0 Å². The molecule has 0 atom stereocenters. The van der Waals surface area contributed by atoms with E-state index in [1.165, 1.54) is 6.07 Å². The Hall–Kier alpha value is -2.34. The lowest BCUT2D eigenvalue weighted by Crippen LogP contribution is -2.30. The number of amides is 1. The first kappa shape index (κ1) is 17.0. The van der Waals surface area contributed by atoms with Crippen LogP contribution in [0, 0.1) is 6.92 Å². The third kappa shape index (κ3) is 4.56. The maximum Gasteiger partial charge on any atom is 0.261 e. The molecule has 6 heteroatoms. The molecule has 2 N–H and O–H groups in total. The molecular formula is C17H20N2O3S. The Morgan fingerprint density at radius 3 is 2.30 bits per heavy atom. The van der Waals surface area contributed by atoms with Crippen LogP contribution >= 0.6 is 0 Å². The molecule has 2 aromatic carbocycles. The van der Waals surface area contributed by atoms with Gasteiger partial charge >= 0.3 is 0 Å². The Kier molecular flexibility index (Phi) is 5.05. The summed E-state index contributed by atoms with van der Waals surface area (Å²) in [6.07, 6.45) is 0. The van der Waals surface area contributed by atoms with Crippen molar-refractivity contribution in [2.45, 2.75) is 31.7 Å². The van der Waals surface area contributed by atoms with Gasteiger partial charge in [0.1, 0.15) is 0 Å². The minimum Gasteiger partial charge on any atom is -0.350 e. The van der Waals surface area contributed by atoms with Crippen molar-refractivity contribution in [1.82, 2.24) is 5.32 Å². The molecule has 23 heavy (non-hydrogen) atoms. The van der Waals surface area contributed by atoms with E-state index < -0.39 is 10.0 Å². The summed E-state index contributed by atoms with van der Waals surface area (Å²) in [7, 11) is -3.68. The lowest BCUT2D eigenvalue weighted by molar-refractivity contribution is 0.0943. The zero-order chi connectivity index (χ0) is 17.0. The van der Waals surface area contributed by atoms with Crippen molar-refractivity contribution in [1.29, 1.82) is 0 Å². The predicted molar refractivity (Wildman–Crippen MR) is 91.0 cm³/mol. The van der Waals surface area contributed by atoms with Gasteiger partial charge < -0.3 is 5.32 Å². The fraction of sp³-hybridized carbons (Fsp3) is 0.235. The van der Waals surface area contributed by atoms with E-state index in [4.69, 9.17) is 0 Å². The van der Waals surface area contributed by atoms with Crippen LogP contribution in [0.3, 0.4) is 0 Å². The molecule has 0 radical (unpaired) electrons. The van der Waals surface area contributed by atoms with E-state index >= 15 is 0 Å². The number of sulfonamides is 1. The van der Waals surface area contributed by atoms with Crippen molar-refractivity contribution in [3.05, 3.63) is 59.7 Å². The SMILES string of the molecule is Cc1ccc(S(=O)(=O)Nc2cccc(C(=O)NC(C)C)c2)cc1. The van der Waals surface area contributed by atoms with Gasteiger partial charge in [-0.2, -0.15) is 0 Å². The summed E-state index contributed by atoms with van der Waals surface area (Å²) < 4.78 is 27.2. The van der Waals surface area contributed by atoms with Gasteiger partial charge in [-0.1, -0.05) is 23.8 Å². The van der Waals surface area contributed by atoms with E-state index in [1.54, 1.807) is 42.5 Å². The van der Waals surface area contributed by atoms with Crippen LogP contribution in [0.5, 0.6) is 0 Å². The van der Waals surface area contributed by atoms with Crippen LogP contribution in [-0.2, 0) is 10.0 Å². The maximum atomic E-state index is 12.4. The minimum absolute atomic E-state index is 0.00964. The van der Waals surface area contributed by atoms with Crippen LogP contribution in [0.25, 0.3) is 0 Å². The van der Waals surface area contributed by atoms with Gasteiger partial charge in [-0.05, 0) is 51.1 Å². The third-order valence-corrected chi connectivity index (χ3v) is 4.53. The molecule has 2 rings (SSSR count). The van der Waals surface area contributed by atoms with Crippen molar-refractivity contribution in [3.8, 4) is 0 Å². The van der Waals surface area contributed by atoms with E-state index in [2.05, 4.69) is 10.0 Å². The number of hydrogen-bond donors (Lipinski definition) is 2. The van der Waals surface area contributed by atoms with Crippen molar-refractivity contribution in [3.63, 3.8) is 0 Å². The number of rotatable bonds is 5. The van der Waals surface area contributed by atoms with Crippen molar-refractivity contribution in [2.75, 3.05) is 4.72 Å². The van der Waals surface area contributed by atoms with Crippen molar-refractivity contribution in [2.24, 2.45) is 0 Å². The van der Waals surface area contributed by atoms with Gasteiger partial charge in [0, 0.05) is 17.3 Å². The fourth-order valence-corrected chi connectivity index (χ4v) is 3.05. The first-order valence-electron chi connectivity index (χ1n) is 7.28. The third-order valence-electron chi connectivity index (χ3n) is 3.13. The number of aryl methyl sites for hydroxylation is 1. The molecule has 0 bridgehead atoms. The molecule has 0 fully saturated rings. The van der Waals surface area contributed by atoms with Gasteiger partial charge in [-0.15, -0.1) is 0 Å². The molecule has 0 heterocycles. The van der Waals surface area contributed by atoms with Gasteiger partial charge in [0.2, 0.25) is 0 Å². The molecule has 0 saturated carbocycles. The summed E-state index contributed by atoms with van der Waals surface area (Å²) in [5.74, 6) is -0.239. The van der Waals surface area contributed by atoms with Crippen molar-refractivity contribution < 1.29 is 13.2 Å². The highest BCUT2D eigenvalue weighted by atomic mass is 32.2. The average Bonchev–Trinajstić information content (AvgIpc) is 2.46. The molecule has 0 saturated heterocycles. The lowest BCUT2D eigenvalue weighted by atomic mass is 10.2. The Bertz CT molecular complexity index is 797. The highest BCUT2D eigenvalue weighted by Gasteiger charge is 2.15. The minimum atomic E-state index is -3.68. The Morgan fingerprint density at radius 1 is 1.04 bits per heavy atom. The Balaban J connectivity index is 2.23. The van der Waals surface area contributed by atoms with E-state index in [1.807, 2.05) is 20.8 Å². The van der Waals surface area contributed by atoms with E-state index in [9.17, 15) is 13.2 Å². The highest BCUT2D eigenvalue weighted by molar-refractivity contribution is 7.92. The van der Waals surface area contributed by atoms with E-state index in [-0.39, 0.29) is 16.8 Å².